The van der Waals surface area contributed by atoms with Crippen LogP contribution in [0.5, 0.6) is 0 Å². The van der Waals surface area contributed by atoms with Gasteiger partial charge in [-0.15, -0.1) is 11.3 Å². The van der Waals surface area contributed by atoms with E-state index in [1.165, 1.54) is 23.5 Å². The number of anilines is 1. The van der Waals surface area contributed by atoms with Crippen molar-refractivity contribution in [1.29, 1.82) is 0 Å². The minimum absolute atomic E-state index is 0.0446. The third-order valence-electron chi connectivity index (χ3n) is 4.50. The van der Waals surface area contributed by atoms with Crippen LogP contribution in [0.2, 0.25) is 0 Å². The predicted molar refractivity (Wildman–Crippen MR) is 108 cm³/mol. The molecule has 5 rings (SSSR count). The van der Waals surface area contributed by atoms with Crippen molar-refractivity contribution >= 4 is 28.0 Å². The standard InChI is InChI=1S/C20H13FN6OS/c21-16-7-12(1-3-15(16)19(28)26-20-22-5-6-29-20)17-10-23-18-4-2-13(11-27(17)18)14-8-24-25-9-14/h1-11H,(H,24,25)(H,22,26,28). The molecule has 0 aliphatic rings. The largest absolute Gasteiger partial charge is 0.299 e. The number of carbonyl (C=O) groups is 1. The number of thiazole rings is 1. The summed E-state index contributed by atoms with van der Waals surface area (Å²) < 4.78 is 16.6. The first kappa shape index (κ1) is 17.3. The number of aromatic nitrogens is 5. The lowest BCUT2D eigenvalue weighted by Crippen LogP contribution is -2.13. The summed E-state index contributed by atoms with van der Waals surface area (Å²) in [6, 6.07) is 8.34. The summed E-state index contributed by atoms with van der Waals surface area (Å²) in [7, 11) is 0. The van der Waals surface area contributed by atoms with Crippen molar-refractivity contribution in [2.24, 2.45) is 0 Å². The molecule has 0 spiro atoms. The van der Waals surface area contributed by atoms with Gasteiger partial charge in [0.25, 0.3) is 5.91 Å². The number of H-pyrrole nitrogens is 1. The fourth-order valence-corrected chi connectivity index (χ4v) is 3.61. The van der Waals surface area contributed by atoms with Crippen LogP contribution in [-0.4, -0.2) is 30.5 Å². The van der Waals surface area contributed by atoms with Gasteiger partial charge < -0.3 is 0 Å². The fourth-order valence-electron chi connectivity index (χ4n) is 3.08. The summed E-state index contributed by atoms with van der Waals surface area (Å²) in [6.07, 6.45) is 8.70. The van der Waals surface area contributed by atoms with Crippen LogP contribution in [0.15, 0.2) is 66.7 Å². The van der Waals surface area contributed by atoms with Gasteiger partial charge in [0.2, 0.25) is 0 Å². The minimum Gasteiger partial charge on any atom is -0.299 e. The number of carbonyl (C=O) groups excluding carboxylic acids is 1. The highest BCUT2D eigenvalue weighted by Crippen LogP contribution is 2.26. The smallest absolute Gasteiger partial charge is 0.260 e. The lowest BCUT2D eigenvalue weighted by atomic mass is 10.1. The van der Waals surface area contributed by atoms with E-state index < -0.39 is 11.7 Å². The van der Waals surface area contributed by atoms with Gasteiger partial charge in [-0.1, -0.05) is 6.07 Å². The third-order valence-corrected chi connectivity index (χ3v) is 5.19. The highest BCUT2D eigenvalue weighted by molar-refractivity contribution is 7.13. The van der Waals surface area contributed by atoms with Crippen LogP contribution in [0.1, 0.15) is 10.4 Å². The summed E-state index contributed by atoms with van der Waals surface area (Å²) in [4.78, 5) is 20.7. The number of aromatic amines is 1. The number of amides is 1. The Balaban J connectivity index is 1.51. The lowest BCUT2D eigenvalue weighted by molar-refractivity contribution is 0.102. The molecule has 4 heterocycles. The van der Waals surface area contributed by atoms with Gasteiger partial charge in [-0.25, -0.2) is 14.4 Å². The van der Waals surface area contributed by atoms with Gasteiger partial charge in [-0.2, -0.15) is 5.10 Å². The van der Waals surface area contributed by atoms with E-state index in [9.17, 15) is 9.18 Å². The normalized spacial score (nSPS) is 11.1. The molecule has 0 aliphatic heterocycles. The number of imidazole rings is 1. The Kier molecular flexibility index (Phi) is 4.14. The van der Waals surface area contributed by atoms with E-state index >= 15 is 0 Å². The summed E-state index contributed by atoms with van der Waals surface area (Å²) in [6.45, 7) is 0. The molecular weight excluding hydrogens is 391 g/mol. The van der Waals surface area contributed by atoms with Gasteiger partial charge in [-0.3, -0.25) is 19.6 Å². The third kappa shape index (κ3) is 3.17. The van der Waals surface area contributed by atoms with Gasteiger partial charge in [0.1, 0.15) is 11.5 Å². The van der Waals surface area contributed by atoms with E-state index in [2.05, 4.69) is 25.5 Å². The Morgan fingerprint density at radius 2 is 2.00 bits per heavy atom. The molecule has 0 aliphatic carbocycles. The molecule has 0 saturated carbocycles. The number of pyridine rings is 1. The van der Waals surface area contributed by atoms with Crippen LogP contribution in [0, 0.1) is 5.82 Å². The average molecular weight is 404 g/mol. The second-order valence-corrected chi connectivity index (χ2v) is 7.16. The van der Waals surface area contributed by atoms with E-state index in [0.29, 0.717) is 10.7 Å². The highest BCUT2D eigenvalue weighted by atomic mass is 32.1. The van der Waals surface area contributed by atoms with Crippen LogP contribution < -0.4 is 5.32 Å². The number of hydrogen-bond acceptors (Lipinski definition) is 5. The topological polar surface area (TPSA) is 88.0 Å². The van der Waals surface area contributed by atoms with Crippen LogP contribution in [-0.2, 0) is 0 Å². The highest BCUT2D eigenvalue weighted by Gasteiger charge is 2.16. The first-order valence-corrected chi connectivity index (χ1v) is 9.54. The maximum atomic E-state index is 14.7. The van der Waals surface area contributed by atoms with Crippen LogP contribution in [0.25, 0.3) is 28.0 Å². The zero-order chi connectivity index (χ0) is 19.8. The van der Waals surface area contributed by atoms with Gasteiger partial charge in [0.05, 0.1) is 23.7 Å². The number of benzene rings is 1. The first-order valence-electron chi connectivity index (χ1n) is 8.66. The van der Waals surface area contributed by atoms with Crippen molar-refractivity contribution in [1.82, 2.24) is 24.6 Å². The summed E-state index contributed by atoms with van der Waals surface area (Å²) in [5.41, 5.74) is 3.91. The number of fused-ring (bicyclic) bond motifs is 1. The van der Waals surface area contributed by atoms with Gasteiger partial charge in [0.15, 0.2) is 5.13 Å². The molecule has 1 aromatic carbocycles. The van der Waals surface area contributed by atoms with E-state index in [1.54, 1.807) is 36.2 Å². The summed E-state index contributed by atoms with van der Waals surface area (Å²) >= 11 is 1.27. The molecule has 4 aromatic heterocycles. The molecule has 7 nitrogen and oxygen atoms in total. The number of nitrogens with zero attached hydrogens (tertiary/aromatic N) is 4. The molecule has 9 heteroatoms. The zero-order valence-electron chi connectivity index (χ0n) is 14.8. The molecule has 0 saturated heterocycles. The van der Waals surface area contributed by atoms with E-state index in [-0.39, 0.29) is 5.56 Å². The molecule has 0 radical (unpaired) electrons. The molecule has 2 N–H and O–H groups in total. The lowest BCUT2D eigenvalue weighted by Gasteiger charge is -2.07. The number of hydrogen-bond donors (Lipinski definition) is 2. The predicted octanol–water partition coefficient (Wildman–Crippen LogP) is 4.24. The Hall–Kier alpha value is -3.85. The van der Waals surface area contributed by atoms with Crippen molar-refractivity contribution in [3.8, 4) is 22.4 Å². The van der Waals surface area contributed by atoms with Crippen molar-refractivity contribution in [2.75, 3.05) is 5.32 Å². The van der Waals surface area contributed by atoms with Crippen molar-refractivity contribution in [3.63, 3.8) is 0 Å². The molecular formula is C20H13FN6OS. The molecule has 0 fully saturated rings. The second kappa shape index (κ2) is 6.95. The summed E-state index contributed by atoms with van der Waals surface area (Å²) in [5, 5.41) is 11.5. The number of nitrogens with one attached hydrogen (secondary N) is 2. The Bertz CT molecular complexity index is 1310. The summed E-state index contributed by atoms with van der Waals surface area (Å²) in [5.74, 6) is -1.15. The minimum atomic E-state index is -0.613. The van der Waals surface area contributed by atoms with Crippen LogP contribution in [0.4, 0.5) is 9.52 Å². The van der Waals surface area contributed by atoms with Crippen molar-refractivity contribution in [3.05, 3.63) is 78.1 Å². The van der Waals surface area contributed by atoms with Crippen LogP contribution >= 0.6 is 11.3 Å². The van der Waals surface area contributed by atoms with Crippen molar-refractivity contribution < 1.29 is 9.18 Å². The molecule has 0 bridgehead atoms. The SMILES string of the molecule is O=C(Nc1nccs1)c1ccc(-c2cnc3ccc(-c4cn[nH]c4)cn23)cc1F. The first-order chi connectivity index (χ1) is 14.2. The number of rotatable bonds is 4. The molecule has 29 heavy (non-hydrogen) atoms. The average Bonchev–Trinajstić information content (AvgIpc) is 3.48. The zero-order valence-corrected chi connectivity index (χ0v) is 15.7. The monoisotopic (exact) mass is 404 g/mol. The molecule has 0 atom stereocenters. The second-order valence-electron chi connectivity index (χ2n) is 6.26. The maximum Gasteiger partial charge on any atom is 0.260 e. The van der Waals surface area contributed by atoms with Crippen LogP contribution in [0.3, 0.4) is 0 Å². The molecule has 1 amide bonds. The number of halogens is 1. The maximum absolute atomic E-state index is 14.7. The van der Waals surface area contributed by atoms with Gasteiger partial charge in [-0.05, 0) is 24.3 Å². The Morgan fingerprint density at radius 3 is 2.76 bits per heavy atom. The van der Waals surface area contributed by atoms with Crippen molar-refractivity contribution in [2.45, 2.75) is 0 Å². The van der Waals surface area contributed by atoms with Gasteiger partial charge in [0, 0.05) is 40.7 Å². The molecule has 0 unspecified atom stereocenters. The Morgan fingerprint density at radius 1 is 1.10 bits per heavy atom. The fraction of sp³-hybridized carbons (Fsp3) is 0. The quantitative estimate of drug-likeness (QED) is 0.469. The molecule has 5 aromatic rings. The van der Waals surface area contributed by atoms with E-state index in [0.717, 1.165) is 22.5 Å². The van der Waals surface area contributed by atoms with Gasteiger partial charge >= 0.3 is 0 Å². The molecule has 142 valence electrons. The van der Waals surface area contributed by atoms with E-state index in [1.807, 2.05) is 22.7 Å². The van der Waals surface area contributed by atoms with E-state index in [4.69, 9.17) is 0 Å². The Labute approximate surface area is 167 Å².